The second-order valence-corrected chi connectivity index (χ2v) is 6.06. The second kappa shape index (κ2) is 9.69. The first kappa shape index (κ1) is 22.9. The number of halogens is 1. The summed E-state index contributed by atoms with van der Waals surface area (Å²) < 4.78 is 10.4. The second-order valence-electron chi connectivity index (χ2n) is 6.06. The Morgan fingerprint density at radius 2 is 1.28 bits per heavy atom. The molecule has 150 valence electrons. The summed E-state index contributed by atoms with van der Waals surface area (Å²) in [5.41, 5.74) is 0. The van der Waals surface area contributed by atoms with Crippen molar-refractivity contribution in [1.82, 2.24) is 5.32 Å². The van der Waals surface area contributed by atoms with Gasteiger partial charge in [0.25, 0.3) is 0 Å². The minimum Gasteiger partial charge on any atom is -0.395 e. The van der Waals surface area contributed by atoms with E-state index >= 15 is 0 Å². The largest absolute Gasteiger partial charge is 0.395 e. The Morgan fingerprint density at radius 1 is 0.720 bits per heavy atom. The van der Waals surface area contributed by atoms with Crippen LogP contribution in [0.15, 0.2) is 0 Å². The van der Waals surface area contributed by atoms with Crippen LogP contribution in [-0.2, 0) is 9.47 Å². The zero-order chi connectivity index (χ0) is 18.0. The molecular formula is C13H26ClNO10. The molecule has 0 radical (unpaired) electrons. The van der Waals surface area contributed by atoms with Gasteiger partial charge < -0.3 is 55.6 Å². The van der Waals surface area contributed by atoms with Gasteiger partial charge in [0.15, 0.2) is 6.29 Å². The molecule has 12 heteroatoms. The first-order valence-corrected chi connectivity index (χ1v) is 7.65. The van der Waals surface area contributed by atoms with E-state index in [9.17, 15) is 30.6 Å². The predicted octanol–water partition coefficient (Wildman–Crippen LogP) is -5.36. The fourth-order valence-corrected chi connectivity index (χ4v) is 2.86. The van der Waals surface area contributed by atoms with E-state index in [1.165, 1.54) is 0 Å². The third-order valence-electron chi connectivity index (χ3n) is 4.44. The topological polar surface area (TPSA) is 192 Å². The lowest BCUT2D eigenvalue weighted by molar-refractivity contribution is -0.304. The van der Waals surface area contributed by atoms with Crippen LogP contribution in [0.4, 0.5) is 0 Å². The minimum atomic E-state index is -1.59. The summed E-state index contributed by atoms with van der Waals surface area (Å²) in [5.74, 6) is 0. The van der Waals surface area contributed by atoms with Crippen LogP contribution in [0.3, 0.4) is 0 Å². The van der Waals surface area contributed by atoms with Gasteiger partial charge in [-0.2, -0.15) is 0 Å². The predicted molar refractivity (Wildman–Crippen MR) is 82.8 cm³/mol. The molecular weight excluding hydrogens is 366 g/mol. The lowest BCUT2D eigenvalue weighted by atomic mass is 9.91. The molecule has 0 aromatic rings. The van der Waals surface area contributed by atoms with Gasteiger partial charge in [0.1, 0.15) is 30.5 Å². The van der Waals surface area contributed by atoms with Crippen LogP contribution in [-0.4, -0.2) is 122 Å². The molecule has 9 N–H and O–H groups in total. The summed E-state index contributed by atoms with van der Waals surface area (Å²) in [6.07, 6.45) is -11.5. The molecule has 2 heterocycles. The number of ether oxygens (including phenoxy) is 2. The molecule has 2 aliphatic rings. The van der Waals surface area contributed by atoms with Gasteiger partial charge >= 0.3 is 0 Å². The Bertz CT molecular complexity index is 367. The highest BCUT2D eigenvalue weighted by Gasteiger charge is 2.46. The Hall–Kier alpha value is -0.150. The molecule has 11 nitrogen and oxygen atoms in total. The Morgan fingerprint density at radius 3 is 1.84 bits per heavy atom. The quantitative estimate of drug-likeness (QED) is 0.217. The van der Waals surface area contributed by atoms with E-state index in [0.29, 0.717) is 0 Å². The summed E-state index contributed by atoms with van der Waals surface area (Å²) >= 11 is 0. The molecule has 10 unspecified atom stereocenters. The third-order valence-corrected chi connectivity index (χ3v) is 4.44. The van der Waals surface area contributed by atoms with Crippen LogP contribution in [0.5, 0.6) is 0 Å². The van der Waals surface area contributed by atoms with E-state index in [0.717, 1.165) is 0 Å². The van der Waals surface area contributed by atoms with Crippen molar-refractivity contribution in [1.29, 1.82) is 0 Å². The zero-order valence-electron chi connectivity index (χ0n) is 13.2. The highest BCUT2D eigenvalue weighted by atomic mass is 35.5. The summed E-state index contributed by atoms with van der Waals surface area (Å²) in [6.45, 7) is -1.39. The van der Waals surface area contributed by atoms with E-state index in [2.05, 4.69) is 5.32 Å². The van der Waals surface area contributed by atoms with Crippen molar-refractivity contribution in [3.63, 3.8) is 0 Å². The van der Waals surface area contributed by atoms with Crippen molar-refractivity contribution in [2.45, 2.75) is 61.1 Å². The van der Waals surface area contributed by atoms with Crippen molar-refractivity contribution in [2.24, 2.45) is 0 Å². The summed E-state index contributed by atoms with van der Waals surface area (Å²) in [5, 5.41) is 79.6. The smallest absolute Gasteiger partial charge is 0.186 e. The number of nitrogens with one attached hydrogen (secondary N) is 1. The van der Waals surface area contributed by atoms with Gasteiger partial charge in [0, 0.05) is 0 Å². The van der Waals surface area contributed by atoms with Gasteiger partial charge in [0.2, 0.25) is 0 Å². The standard InChI is InChI=1S/C13H25NO10.ClH/c15-1-4-7(17)10(20)8(18)5(14-4)3-23-13-12(22)11(21)9(19)6(2-16)24-13;/h4-22H,1-3H2;1H. The molecule has 10 atom stereocenters. The SMILES string of the molecule is Cl.OCC1NC(COC2OC(CO)C(O)C(O)C2O)C(O)C(O)C1O. The molecule has 25 heavy (non-hydrogen) atoms. The number of rotatable bonds is 5. The monoisotopic (exact) mass is 391 g/mol. The third kappa shape index (κ3) is 4.77. The summed E-state index contributed by atoms with van der Waals surface area (Å²) in [7, 11) is 0. The maximum Gasteiger partial charge on any atom is 0.186 e. The highest BCUT2D eigenvalue weighted by Crippen LogP contribution is 2.23. The molecule has 0 bridgehead atoms. The molecule has 2 fully saturated rings. The fourth-order valence-electron chi connectivity index (χ4n) is 2.86. The van der Waals surface area contributed by atoms with Crippen LogP contribution >= 0.6 is 12.4 Å². The lowest BCUT2D eigenvalue weighted by Crippen LogP contribution is -2.67. The van der Waals surface area contributed by atoms with Gasteiger partial charge in [-0.1, -0.05) is 0 Å². The van der Waals surface area contributed by atoms with Gasteiger partial charge in [-0.3, -0.25) is 0 Å². The van der Waals surface area contributed by atoms with Crippen LogP contribution in [0.25, 0.3) is 0 Å². The van der Waals surface area contributed by atoms with Gasteiger partial charge in [-0.15, -0.1) is 12.4 Å². The van der Waals surface area contributed by atoms with E-state index in [1.807, 2.05) is 0 Å². The van der Waals surface area contributed by atoms with Crippen molar-refractivity contribution in [3.8, 4) is 0 Å². The molecule has 2 saturated heterocycles. The van der Waals surface area contributed by atoms with Crippen molar-refractivity contribution >= 4 is 12.4 Å². The lowest BCUT2D eigenvalue weighted by Gasteiger charge is -2.43. The maximum atomic E-state index is 9.94. The number of hydrogen-bond acceptors (Lipinski definition) is 11. The van der Waals surface area contributed by atoms with Gasteiger partial charge in [-0.05, 0) is 0 Å². The molecule has 0 aromatic heterocycles. The average molecular weight is 392 g/mol. The van der Waals surface area contributed by atoms with E-state index < -0.39 is 74.3 Å². The highest BCUT2D eigenvalue weighted by molar-refractivity contribution is 5.85. The number of aliphatic hydroxyl groups excluding tert-OH is 8. The molecule has 2 aliphatic heterocycles. The number of hydrogen-bond donors (Lipinski definition) is 9. The molecule has 2 rings (SSSR count). The van der Waals surface area contributed by atoms with Crippen LogP contribution in [0, 0.1) is 0 Å². The Balaban J connectivity index is 0.00000312. The van der Waals surface area contributed by atoms with Crippen LogP contribution < -0.4 is 5.32 Å². The first-order valence-electron chi connectivity index (χ1n) is 7.65. The Labute approximate surface area is 149 Å². The maximum absolute atomic E-state index is 9.94. The van der Waals surface area contributed by atoms with Crippen LogP contribution in [0.1, 0.15) is 0 Å². The molecule has 0 spiro atoms. The summed E-state index contributed by atoms with van der Waals surface area (Å²) in [4.78, 5) is 0. The van der Waals surface area contributed by atoms with Crippen molar-refractivity contribution in [3.05, 3.63) is 0 Å². The van der Waals surface area contributed by atoms with E-state index in [4.69, 9.17) is 19.7 Å². The van der Waals surface area contributed by atoms with Gasteiger partial charge in [0.05, 0.1) is 44.1 Å². The average Bonchev–Trinajstić information content (AvgIpc) is 2.58. The fraction of sp³-hybridized carbons (Fsp3) is 1.00. The Kier molecular flexibility index (Phi) is 8.87. The number of aliphatic hydroxyl groups is 8. The van der Waals surface area contributed by atoms with Crippen molar-refractivity contribution < 1.29 is 50.3 Å². The zero-order valence-corrected chi connectivity index (χ0v) is 14.0. The molecule has 0 aromatic carbocycles. The molecule has 0 aliphatic carbocycles. The molecule has 0 saturated carbocycles. The van der Waals surface area contributed by atoms with E-state index in [-0.39, 0.29) is 19.0 Å². The summed E-state index contributed by atoms with van der Waals surface area (Å²) in [6, 6.07) is -1.78. The first-order chi connectivity index (χ1) is 11.3. The normalized spacial score (nSPS) is 48.0. The molecule has 0 amide bonds. The minimum absolute atomic E-state index is 0. The van der Waals surface area contributed by atoms with E-state index in [1.54, 1.807) is 0 Å². The van der Waals surface area contributed by atoms with Crippen molar-refractivity contribution in [2.75, 3.05) is 19.8 Å². The number of piperidine rings is 1. The van der Waals surface area contributed by atoms with Crippen LogP contribution in [0.2, 0.25) is 0 Å². The van der Waals surface area contributed by atoms with Gasteiger partial charge in [-0.25, -0.2) is 0 Å².